The van der Waals surface area contributed by atoms with Crippen molar-refractivity contribution in [3.63, 3.8) is 0 Å². The van der Waals surface area contributed by atoms with E-state index in [1.165, 1.54) is 7.11 Å². The number of nitrogens with zero attached hydrogens (tertiary/aromatic N) is 1. The predicted octanol–water partition coefficient (Wildman–Crippen LogP) is 4.75. The standard InChI is InChI=1S/C24H19ClN2O4/c1-30-18-13-9-16(10-14-18)26-22-21(19-5-3-4-6-20(19)31-2)23(28)27(24(22)29)17-11-7-15(25)8-12-17/h3-14,26H,1-2H3. The highest BCUT2D eigenvalue weighted by molar-refractivity contribution is 6.46. The zero-order chi connectivity index (χ0) is 22.0. The topological polar surface area (TPSA) is 67.9 Å². The molecule has 7 heteroatoms. The summed E-state index contributed by atoms with van der Waals surface area (Å²) < 4.78 is 10.6. The van der Waals surface area contributed by atoms with Gasteiger partial charge in [-0.25, -0.2) is 4.90 Å². The number of hydrogen-bond donors (Lipinski definition) is 1. The number of hydrogen-bond acceptors (Lipinski definition) is 5. The molecule has 156 valence electrons. The molecule has 0 unspecified atom stereocenters. The van der Waals surface area contributed by atoms with Gasteiger partial charge in [0.1, 0.15) is 17.2 Å². The second kappa shape index (κ2) is 8.53. The van der Waals surface area contributed by atoms with Crippen molar-refractivity contribution < 1.29 is 19.1 Å². The third-order valence-electron chi connectivity index (χ3n) is 4.90. The summed E-state index contributed by atoms with van der Waals surface area (Å²) in [6.45, 7) is 0. The average Bonchev–Trinajstić information content (AvgIpc) is 3.04. The van der Waals surface area contributed by atoms with Gasteiger partial charge in [-0.05, 0) is 54.6 Å². The van der Waals surface area contributed by atoms with Crippen LogP contribution in [0.5, 0.6) is 11.5 Å². The number of rotatable bonds is 6. The maximum atomic E-state index is 13.5. The van der Waals surface area contributed by atoms with E-state index in [0.717, 1.165) is 4.90 Å². The summed E-state index contributed by atoms with van der Waals surface area (Å²) in [5.41, 5.74) is 1.99. The number of halogens is 1. The Kier molecular flexibility index (Phi) is 5.64. The summed E-state index contributed by atoms with van der Waals surface area (Å²) in [7, 11) is 3.10. The molecule has 0 aliphatic carbocycles. The van der Waals surface area contributed by atoms with Crippen molar-refractivity contribution >= 4 is 40.4 Å². The molecule has 0 spiro atoms. The molecule has 4 rings (SSSR count). The van der Waals surface area contributed by atoms with Gasteiger partial charge in [-0.1, -0.05) is 29.8 Å². The predicted molar refractivity (Wildman–Crippen MR) is 120 cm³/mol. The van der Waals surface area contributed by atoms with Crippen LogP contribution in [0.25, 0.3) is 5.57 Å². The van der Waals surface area contributed by atoms with Gasteiger partial charge in [0, 0.05) is 16.3 Å². The number of imide groups is 1. The van der Waals surface area contributed by atoms with E-state index in [-0.39, 0.29) is 11.3 Å². The molecule has 0 atom stereocenters. The van der Waals surface area contributed by atoms with Gasteiger partial charge >= 0.3 is 0 Å². The van der Waals surface area contributed by atoms with Crippen LogP contribution in [0.1, 0.15) is 5.56 Å². The van der Waals surface area contributed by atoms with Gasteiger partial charge < -0.3 is 14.8 Å². The summed E-state index contributed by atoms with van der Waals surface area (Å²) in [5, 5.41) is 3.63. The second-order valence-electron chi connectivity index (χ2n) is 6.73. The zero-order valence-corrected chi connectivity index (χ0v) is 17.6. The quantitative estimate of drug-likeness (QED) is 0.567. The molecule has 1 N–H and O–H groups in total. The molecule has 3 aromatic rings. The van der Waals surface area contributed by atoms with E-state index in [1.807, 2.05) is 0 Å². The zero-order valence-electron chi connectivity index (χ0n) is 16.9. The fraction of sp³-hybridized carbons (Fsp3) is 0.0833. The SMILES string of the molecule is COc1ccc(NC2=C(c3ccccc3OC)C(=O)N(c3ccc(Cl)cc3)C2=O)cc1. The van der Waals surface area contributed by atoms with Crippen LogP contribution in [0.4, 0.5) is 11.4 Å². The monoisotopic (exact) mass is 434 g/mol. The van der Waals surface area contributed by atoms with Gasteiger partial charge in [0.05, 0.1) is 25.5 Å². The molecule has 3 aromatic carbocycles. The first-order valence-corrected chi connectivity index (χ1v) is 9.84. The molecule has 1 heterocycles. The maximum Gasteiger partial charge on any atom is 0.282 e. The first kappa shape index (κ1) is 20.5. The first-order valence-electron chi connectivity index (χ1n) is 9.46. The highest BCUT2D eigenvalue weighted by Crippen LogP contribution is 2.37. The number of carbonyl (C=O) groups is 2. The van der Waals surface area contributed by atoms with E-state index in [1.54, 1.807) is 79.9 Å². The van der Waals surface area contributed by atoms with Gasteiger partial charge in [0.15, 0.2) is 0 Å². The maximum absolute atomic E-state index is 13.5. The van der Waals surface area contributed by atoms with Gasteiger partial charge in [0.2, 0.25) is 0 Å². The summed E-state index contributed by atoms with van der Waals surface area (Å²) in [5.74, 6) is 0.253. The Morgan fingerprint density at radius 2 is 1.48 bits per heavy atom. The van der Waals surface area contributed by atoms with Crippen LogP contribution in [0.3, 0.4) is 0 Å². The van der Waals surface area contributed by atoms with Crippen LogP contribution in [0.2, 0.25) is 5.02 Å². The number of methoxy groups -OCH3 is 2. The fourth-order valence-electron chi connectivity index (χ4n) is 3.39. The summed E-state index contributed by atoms with van der Waals surface area (Å²) in [6.07, 6.45) is 0. The van der Waals surface area contributed by atoms with Gasteiger partial charge in [0.25, 0.3) is 11.8 Å². The third-order valence-corrected chi connectivity index (χ3v) is 5.16. The Morgan fingerprint density at radius 3 is 2.13 bits per heavy atom. The summed E-state index contributed by atoms with van der Waals surface area (Å²) in [6, 6.07) is 20.7. The summed E-state index contributed by atoms with van der Waals surface area (Å²) in [4.78, 5) is 28.0. The average molecular weight is 435 g/mol. The molecule has 0 radical (unpaired) electrons. The largest absolute Gasteiger partial charge is 0.497 e. The molecular formula is C24H19ClN2O4. The lowest BCUT2D eigenvalue weighted by molar-refractivity contribution is -0.120. The Bertz CT molecular complexity index is 1170. The molecule has 0 bridgehead atoms. The van der Waals surface area contributed by atoms with Gasteiger partial charge in [-0.2, -0.15) is 0 Å². The van der Waals surface area contributed by atoms with Crippen molar-refractivity contribution in [1.29, 1.82) is 0 Å². The van der Waals surface area contributed by atoms with Crippen LogP contribution >= 0.6 is 11.6 Å². The Balaban J connectivity index is 1.83. The van der Waals surface area contributed by atoms with E-state index >= 15 is 0 Å². The molecule has 0 saturated carbocycles. The Morgan fingerprint density at radius 1 is 0.806 bits per heavy atom. The minimum Gasteiger partial charge on any atom is -0.497 e. The minimum absolute atomic E-state index is 0.162. The molecule has 31 heavy (non-hydrogen) atoms. The lowest BCUT2D eigenvalue weighted by Gasteiger charge is -2.15. The van der Waals surface area contributed by atoms with E-state index in [0.29, 0.717) is 33.5 Å². The molecule has 0 aromatic heterocycles. The number of para-hydroxylation sites is 1. The number of ether oxygens (including phenoxy) is 2. The van der Waals surface area contributed by atoms with Crippen molar-refractivity contribution in [2.45, 2.75) is 0 Å². The summed E-state index contributed by atoms with van der Waals surface area (Å²) >= 11 is 5.98. The van der Waals surface area contributed by atoms with Crippen LogP contribution in [0, 0.1) is 0 Å². The second-order valence-corrected chi connectivity index (χ2v) is 7.16. The normalized spacial score (nSPS) is 13.6. The van der Waals surface area contributed by atoms with E-state index in [9.17, 15) is 9.59 Å². The third kappa shape index (κ3) is 3.85. The van der Waals surface area contributed by atoms with Crippen molar-refractivity contribution in [2.75, 3.05) is 24.4 Å². The van der Waals surface area contributed by atoms with E-state index < -0.39 is 11.8 Å². The highest BCUT2D eigenvalue weighted by atomic mass is 35.5. The number of benzene rings is 3. The van der Waals surface area contributed by atoms with Crippen LogP contribution < -0.4 is 19.7 Å². The number of anilines is 2. The van der Waals surface area contributed by atoms with Crippen molar-refractivity contribution in [1.82, 2.24) is 0 Å². The number of nitrogens with one attached hydrogen (secondary N) is 1. The Hall–Kier alpha value is -3.77. The van der Waals surface area contributed by atoms with Crippen molar-refractivity contribution in [2.24, 2.45) is 0 Å². The number of carbonyl (C=O) groups excluding carboxylic acids is 2. The lowest BCUT2D eigenvalue weighted by atomic mass is 10.0. The fourth-order valence-corrected chi connectivity index (χ4v) is 3.52. The van der Waals surface area contributed by atoms with Gasteiger partial charge in [-0.15, -0.1) is 0 Å². The molecule has 2 amide bonds. The Labute approximate surface area is 184 Å². The minimum atomic E-state index is -0.468. The molecule has 6 nitrogen and oxygen atoms in total. The first-order chi connectivity index (χ1) is 15.0. The highest BCUT2D eigenvalue weighted by Gasteiger charge is 2.41. The molecule has 0 saturated heterocycles. The van der Waals surface area contributed by atoms with Crippen LogP contribution in [0.15, 0.2) is 78.5 Å². The van der Waals surface area contributed by atoms with Gasteiger partial charge in [-0.3, -0.25) is 9.59 Å². The van der Waals surface area contributed by atoms with Crippen LogP contribution in [-0.4, -0.2) is 26.0 Å². The molecular weight excluding hydrogens is 416 g/mol. The smallest absolute Gasteiger partial charge is 0.282 e. The van der Waals surface area contributed by atoms with Crippen molar-refractivity contribution in [3.8, 4) is 11.5 Å². The molecule has 1 aliphatic rings. The molecule has 0 fully saturated rings. The number of amides is 2. The van der Waals surface area contributed by atoms with E-state index in [2.05, 4.69) is 5.32 Å². The lowest BCUT2D eigenvalue weighted by Crippen LogP contribution is -2.32. The van der Waals surface area contributed by atoms with E-state index in [4.69, 9.17) is 21.1 Å². The molecule has 1 aliphatic heterocycles. The van der Waals surface area contributed by atoms with Crippen LogP contribution in [-0.2, 0) is 9.59 Å². The van der Waals surface area contributed by atoms with Crippen molar-refractivity contribution in [3.05, 3.63) is 89.1 Å².